The molecule has 0 aliphatic carbocycles. The SMILES string of the molecule is N[C@H](c1ccc(Cl)cc1)C(O)c1cc(Cl)cc(Cl)c1. The number of rotatable bonds is 3. The lowest BCUT2D eigenvalue weighted by Gasteiger charge is -2.20. The summed E-state index contributed by atoms with van der Waals surface area (Å²) in [5.74, 6) is 0. The summed E-state index contributed by atoms with van der Waals surface area (Å²) in [4.78, 5) is 0. The first kappa shape index (κ1) is 14.6. The first-order valence-corrected chi connectivity index (χ1v) is 6.76. The Morgan fingerprint density at radius 1 is 0.789 bits per heavy atom. The highest BCUT2D eigenvalue weighted by Gasteiger charge is 2.19. The zero-order chi connectivity index (χ0) is 14.0. The van der Waals surface area contributed by atoms with Crippen LogP contribution in [0.1, 0.15) is 23.3 Å². The van der Waals surface area contributed by atoms with E-state index in [9.17, 15) is 5.11 Å². The van der Waals surface area contributed by atoms with E-state index in [0.29, 0.717) is 20.6 Å². The van der Waals surface area contributed by atoms with E-state index in [2.05, 4.69) is 0 Å². The summed E-state index contributed by atoms with van der Waals surface area (Å²) >= 11 is 17.6. The predicted molar refractivity (Wildman–Crippen MR) is 79.8 cm³/mol. The smallest absolute Gasteiger partial charge is 0.0983 e. The highest BCUT2D eigenvalue weighted by atomic mass is 35.5. The maximum atomic E-state index is 10.3. The van der Waals surface area contributed by atoms with Gasteiger partial charge in [0.25, 0.3) is 0 Å². The van der Waals surface area contributed by atoms with Crippen molar-refractivity contribution in [1.82, 2.24) is 0 Å². The van der Waals surface area contributed by atoms with Crippen molar-refractivity contribution in [3.8, 4) is 0 Å². The number of aliphatic hydroxyl groups is 1. The topological polar surface area (TPSA) is 46.2 Å². The van der Waals surface area contributed by atoms with Crippen molar-refractivity contribution in [3.63, 3.8) is 0 Å². The van der Waals surface area contributed by atoms with Gasteiger partial charge in [-0.2, -0.15) is 0 Å². The van der Waals surface area contributed by atoms with E-state index in [-0.39, 0.29) is 0 Å². The minimum atomic E-state index is -0.891. The molecule has 19 heavy (non-hydrogen) atoms. The van der Waals surface area contributed by atoms with Gasteiger partial charge in [0.05, 0.1) is 12.1 Å². The molecule has 0 saturated carbocycles. The Balaban J connectivity index is 2.27. The van der Waals surface area contributed by atoms with Crippen LogP contribution in [0.15, 0.2) is 42.5 Å². The van der Waals surface area contributed by atoms with Crippen molar-refractivity contribution >= 4 is 34.8 Å². The zero-order valence-corrected chi connectivity index (χ0v) is 12.1. The number of hydrogen-bond acceptors (Lipinski definition) is 2. The van der Waals surface area contributed by atoms with Crippen LogP contribution < -0.4 is 5.73 Å². The van der Waals surface area contributed by atoms with Crippen LogP contribution in [-0.2, 0) is 0 Å². The molecule has 0 aliphatic rings. The van der Waals surface area contributed by atoms with Gasteiger partial charge in [-0.3, -0.25) is 0 Å². The van der Waals surface area contributed by atoms with Crippen LogP contribution in [0.4, 0.5) is 0 Å². The molecular weight excluding hydrogens is 305 g/mol. The molecule has 0 saturated heterocycles. The third kappa shape index (κ3) is 3.62. The summed E-state index contributed by atoms with van der Waals surface area (Å²) in [6, 6.07) is 11.3. The molecule has 5 heteroatoms. The van der Waals surface area contributed by atoms with Crippen molar-refractivity contribution in [2.45, 2.75) is 12.1 Å². The molecular formula is C14H12Cl3NO. The van der Waals surface area contributed by atoms with Crippen LogP contribution in [0.3, 0.4) is 0 Å². The number of aliphatic hydroxyl groups excluding tert-OH is 1. The third-order valence-corrected chi connectivity index (χ3v) is 3.51. The van der Waals surface area contributed by atoms with Crippen LogP contribution in [-0.4, -0.2) is 5.11 Å². The van der Waals surface area contributed by atoms with Crippen molar-refractivity contribution < 1.29 is 5.11 Å². The molecule has 2 aromatic carbocycles. The first-order valence-electron chi connectivity index (χ1n) is 5.62. The highest BCUT2D eigenvalue weighted by molar-refractivity contribution is 6.34. The normalized spacial score (nSPS) is 14.2. The van der Waals surface area contributed by atoms with Crippen LogP contribution >= 0.6 is 34.8 Å². The Bertz CT molecular complexity index is 551. The Morgan fingerprint density at radius 3 is 1.84 bits per heavy atom. The summed E-state index contributed by atoms with van der Waals surface area (Å²) < 4.78 is 0. The van der Waals surface area contributed by atoms with E-state index >= 15 is 0 Å². The average molecular weight is 317 g/mol. The van der Waals surface area contributed by atoms with Gasteiger partial charge in [0, 0.05) is 15.1 Å². The van der Waals surface area contributed by atoms with Crippen LogP contribution in [0.25, 0.3) is 0 Å². The van der Waals surface area contributed by atoms with Gasteiger partial charge in [0.15, 0.2) is 0 Å². The molecule has 0 heterocycles. The van der Waals surface area contributed by atoms with Gasteiger partial charge in [0.2, 0.25) is 0 Å². The second-order valence-electron chi connectivity index (χ2n) is 4.22. The van der Waals surface area contributed by atoms with Gasteiger partial charge in [-0.25, -0.2) is 0 Å². The Kier molecular flexibility index (Phi) is 4.71. The summed E-state index contributed by atoms with van der Waals surface area (Å²) in [7, 11) is 0. The Morgan fingerprint density at radius 2 is 1.32 bits per heavy atom. The number of halogens is 3. The molecule has 0 radical (unpaired) electrons. The fraction of sp³-hybridized carbons (Fsp3) is 0.143. The minimum Gasteiger partial charge on any atom is -0.386 e. The monoisotopic (exact) mass is 315 g/mol. The van der Waals surface area contributed by atoms with E-state index in [4.69, 9.17) is 40.5 Å². The summed E-state index contributed by atoms with van der Waals surface area (Å²) in [5.41, 5.74) is 7.41. The molecule has 1 unspecified atom stereocenters. The highest BCUT2D eigenvalue weighted by Crippen LogP contribution is 2.30. The molecule has 2 nitrogen and oxygen atoms in total. The lowest BCUT2D eigenvalue weighted by atomic mass is 9.97. The van der Waals surface area contributed by atoms with Gasteiger partial charge in [-0.05, 0) is 41.5 Å². The van der Waals surface area contributed by atoms with Gasteiger partial charge in [-0.15, -0.1) is 0 Å². The summed E-state index contributed by atoms with van der Waals surface area (Å²) in [5, 5.41) is 11.8. The molecule has 0 bridgehead atoms. The second kappa shape index (κ2) is 6.12. The molecule has 2 rings (SSSR count). The number of hydrogen-bond donors (Lipinski definition) is 2. The number of nitrogens with two attached hydrogens (primary N) is 1. The van der Waals surface area contributed by atoms with Gasteiger partial charge < -0.3 is 10.8 Å². The number of benzene rings is 2. The predicted octanol–water partition coefficient (Wildman–Crippen LogP) is 4.38. The standard InChI is InChI=1S/C14H12Cl3NO/c15-10-3-1-8(2-4-10)13(18)14(19)9-5-11(16)7-12(17)6-9/h1-7,13-14,19H,18H2/t13-,14?/m1/s1. The van der Waals surface area contributed by atoms with E-state index in [1.165, 1.54) is 0 Å². The average Bonchev–Trinajstić information content (AvgIpc) is 2.37. The van der Waals surface area contributed by atoms with Crippen LogP contribution in [0, 0.1) is 0 Å². The molecule has 3 N–H and O–H groups in total. The molecule has 0 fully saturated rings. The van der Waals surface area contributed by atoms with Gasteiger partial charge in [0.1, 0.15) is 0 Å². The van der Waals surface area contributed by atoms with E-state index in [1.807, 2.05) is 0 Å². The fourth-order valence-electron chi connectivity index (χ4n) is 1.82. The summed E-state index contributed by atoms with van der Waals surface area (Å²) in [6.07, 6.45) is -0.891. The van der Waals surface area contributed by atoms with E-state index in [1.54, 1.807) is 42.5 Å². The Hall–Kier alpha value is -0.770. The fourth-order valence-corrected chi connectivity index (χ4v) is 2.49. The quantitative estimate of drug-likeness (QED) is 0.882. The maximum Gasteiger partial charge on any atom is 0.0983 e. The van der Waals surface area contributed by atoms with Gasteiger partial charge >= 0.3 is 0 Å². The van der Waals surface area contributed by atoms with Crippen molar-refractivity contribution in [2.24, 2.45) is 5.73 Å². The lowest BCUT2D eigenvalue weighted by Crippen LogP contribution is -2.19. The third-order valence-electron chi connectivity index (χ3n) is 2.82. The van der Waals surface area contributed by atoms with Crippen molar-refractivity contribution in [2.75, 3.05) is 0 Å². The van der Waals surface area contributed by atoms with Crippen LogP contribution in [0.2, 0.25) is 15.1 Å². The second-order valence-corrected chi connectivity index (χ2v) is 5.53. The largest absolute Gasteiger partial charge is 0.386 e. The summed E-state index contributed by atoms with van der Waals surface area (Å²) in [6.45, 7) is 0. The van der Waals surface area contributed by atoms with Crippen LogP contribution in [0.5, 0.6) is 0 Å². The van der Waals surface area contributed by atoms with E-state index in [0.717, 1.165) is 5.56 Å². The van der Waals surface area contributed by atoms with E-state index < -0.39 is 12.1 Å². The van der Waals surface area contributed by atoms with Gasteiger partial charge in [-0.1, -0.05) is 46.9 Å². The molecule has 100 valence electrons. The molecule has 2 aromatic rings. The van der Waals surface area contributed by atoms with Crippen molar-refractivity contribution in [1.29, 1.82) is 0 Å². The first-order chi connectivity index (χ1) is 8.97. The maximum absolute atomic E-state index is 10.3. The molecule has 0 aromatic heterocycles. The molecule has 0 amide bonds. The molecule has 0 aliphatic heterocycles. The zero-order valence-electron chi connectivity index (χ0n) is 9.85. The minimum absolute atomic E-state index is 0.463. The van der Waals surface area contributed by atoms with Crippen molar-refractivity contribution in [3.05, 3.63) is 68.7 Å². The Labute approximate surface area is 126 Å². The lowest BCUT2D eigenvalue weighted by molar-refractivity contribution is 0.147. The molecule has 0 spiro atoms. The molecule has 2 atom stereocenters.